The van der Waals surface area contributed by atoms with Gasteiger partial charge in [0.05, 0.1) is 17.4 Å². The lowest BCUT2D eigenvalue weighted by atomic mass is 9.82. The number of rotatable bonds is 7. The summed E-state index contributed by atoms with van der Waals surface area (Å²) in [7, 11) is 0. The fraction of sp³-hybridized carbons (Fsp3) is 0.409. The number of hydrogen-bond donors (Lipinski definition) is 1. The molecule has 0 saturated heterocycles. The number of aromatic nitrogens is 3. The largest absolute Gasteiger partial charge is 0.489 e. The topological polar surface area (TPSA) is 68.5 Å². The Bertz CT molecular complexity index is 1160. The van der Waals surface area contributed by atoms with Crippen LogP contribution in [-0.4, -0.2) is 32.8 Å². The molecule has 0 spiro atoms. The second-order valence-electron chi connectivity index (χ2n) is 8.27. The molecule has 2 saturated carbocycles. The average molecular weight is 448 g/mol. The molecule has 0 aromatic carbocycles. The van der Waals surface area contributed by atoms with E-state index in [4.69, 9.17) is 4.74 Å². The fourth-order valence-electron chi connectivity index (χ4n) is 3.79. The number of imidazole rings is 1. The Morgan fingerprint density at radius 1 is 1.12 bits per heavy atom. The number of carbonyl (C=O) groups is 1. The molecule has 1 amide bonds. The Morgan fingerprint density at radius 2 is 1.91 bits per heavy atom. The number of nitrogens with one attached hydrogen (secondary N) is 1. The van der Waals surface area contributed by atoms with Gasteiger partial charge in [0.15, 0.2) is 0 Å². The maximum atomic E-state index is 13.0. The predicted octanol–water partition coefficient (Wildman–Crippen LogP) is 5.22. The van der Waals surface area contributed by atoms with E-state index in [0.29, 0.717) is 11.6 Å². The summed E-state index contributed by atoms with van der Waals surface area (Å²) < 4.78 is 59.1. The van der Waals surface area contributed by atoms with Gasteiger partial charge in [-0.25, -0.2) is 27.5 Å². The van der Waals surface area contributed by atoms with Crippen molar-refractivity contribution < 1.29 is 27.1 Å². The molecule has 2 aliphatic rings. The number of amides is 1. The number of anilines is 1. The van der Waals surface area contributed by atoms with Crippen molar-refractivity contribution in [2.24, 2.45) is 5.92 Å². The van der Waals surface area contributed by atoms with Gasteiger partial charge < -0.3 is 14.5 Å². The number of alkyl halides is 4. The van der Waals surface area contributed by atoms with E-state index < -0.39 is 36.5 Å². The van der Waals surface area contributed by atoms with Crippen LogP contribution in [0.3, 0.4) is 0 Å². The lowest BCUT2D eigenvalue weighted by molar-refractivity contribution is -0.0330. The van der Waals surface area contributed by atoms with Crippen molar-refractivity contribution in [2.45, 2.75) is 50.6 Å². The minimum Gasteiger partial charge on any atom is -0.489 e. The number of pyridine rings is 2. The third kappa shape index (κ3) is 4.13. The van der Waals surface area contributed by atoms with Gasteiger partial charge >= 0.3 is 0 Å². The first-order valence-electron chi connectivity index (χ1n) is 10.4. The Morgan fingerprint density at radius 3 is 2.59 bits per heavy atom. The third-order valence-electron chi connectivity index (χ3n) is 5.83. The molecule has 2 aliphatic carbocycles. The molecule has 6 nitrogen and oxygen atoms in total. The van der Waals surface area contributed by atoms with Gasteiger partial charge in [-0.2, -0.15) is 0 Å². The van der Waals surface area contributed by atoms with Gasteiger partial charge in [0.2, 0.25) is 6.43 Å². The molecular formula is C22H20F4N4O2. The first-order chi connectivity index (χ1) is 15.4. The molecule has 0 atom stereocenters. The second-order valence-corrected chi connectivity index (χ2v) is 8.27. The van der Waals surface area contributed by atoms with Crippen LogP contribution in [0.1, 0.15) is 59.8 Å². The van der Waals surface area contributed by atoms with Crippen LogP contribution in [0.25, 0.3) is 5.65 Å². The van der Waals surface area contributed by atoms with E-state index >= 15 is 0 Å². The molecule has 5 rings (SSSR count). The van der Waals surface area contributed by atoms with Crippen molar-refractivity contribution >= 4 is 17.4 Å². The van der Waals surface area contributed by atoms with Crippen molar-refractivity contribution in [2.75, 3.05) is 5.32 Å². The number of carbonyl (C=O) groups excluding carboxylic acids is 1. The quantitative estimate of drug-likeness (QED) is 0.504. The van der Waals surface area contributed by atoms with Gasteiger partial charge in [-0.15, -0.1) is 0 Å². The Hall–Kier alpha value is -3.17. The summed E-state index contributed by atoms with van der Waals surface area (Å²) in [5, 5.41) is 2.52. The highest BCUT2D eigenvalue weighted by Gasteiger charge is 2.38. The van der Waals surface area contributed by atoms with Crippen LogP contribution in [0, 0.1) is 5.92 Å². The number of nitrogens with zero attached hydrogens (tertiary/aromatic N) is 3. The normalized spacial score (nSPS) is 20.6. The van der Waals surface area contributed by atoms with Crippen molar-refractivity contribution in [1.29, 1.82) is 0 Å². The zero-order chi connectivity index (χ0) is 22.4. The summed E-state index contributed by atoms with van der Waals surface area (Å²) in [4.78, 5) is 21.3. The minimum atomic E-state index is -2.77. The van der Waals surface area contributed by atoms with E-state index in [2.05, 4.69) is 15.3 Å². The van der Waals surface area contributed by atoms with Gasteiger partial charge in [0.1, 0.15) is 22.9 Å². The van der Waals surface area contributed by atoms with Crippen LogP contribution in [-0.2, 0) is 0 Å². The zero-order valence-corrected chi connectivity index (χ0v) is 16.8. The van der Waals surface area contributed by atoms with Crippen LogP contribution < -0.4 is 10.1 Å². The molecule has 168 valence electrons. The highest BCUT2D eigenvalue weighted by Crippen LogP contribution is 2.40. The van der Waals surface area contributed by atoms with E-state index in [1.54, 1.807) is 16.7 Å². The third-order valence-corrected chi connectivity index (χ3v) is 5.83. The summed E-state index contributed by atoms with van der Waals surface area (Å²) >= 11 is 0. The maximum absolute atomic E-state index is 13.0. The molecule has 2 fully saturated rings. The SMILES string of the molecule is O=C(Nc1cccc(C(F)F)n1)c1cn2cc(C3CC3)nc2cc1OC1CC(C(F)F)C1. The van der Waals surface area contributed by atoms with E-state index in [-0.39, 0.29) is 30.0 Å². The molecule has 3 aromatic rings. The molecule has 1 N–H and O–H groups in total. The molecule has 0 unspecified atom stereocenters. The van der Waals surface area contributed by atoms with Gasteiger partial charge in [-0.05, 0) is 37.8 Å². The van der Waals surface area contributed by atoms with Gasteiger partial charge in [-0.1, -0.05) is 6.07 Å². The molecule has 10 heteroatoms. The van der Waals surface area contributed by atoms with Crippen LogP contribution in [0.2, 0.25) is 0 Å². The van der Waals surface area contributed by atoms with Crippen molar-refractivity contribution in [3.63, 3.8) is 0 Å². The Kier molecular flexibility index (Phi) is 5.22. The Balaban J connectivity index is 1.43. The van der Waals surface area contributed by atoms with E-state index in [9.17, 15) is 22.4 Å². The molecular weight excluding hydrogens is 428 g/mol. The maximum Gasteiger partial charge on any atom is 0.280 e. The van der Waals surface area contributed by atoms with E-state index in [0.717, 1.165) is 18.5 Å². The Labute approximate surface area is 180 Å². The van der Waals surface area contributed by atoms with Crippen LogP contribution in [0.5, 0.6) is 5.75 Å². The standard InChI is InChI=1S/C22H20F4N4O2/c23-20(24)12-6-13(7-12)32-17-8-19-28-16(11-4-5-11)10-30(19)9-14(17)22(31)29-18-3-1-2-15(27-18)21(25)26/h1-3,8-13,20-21H,4-7H2,(H,27,29,31). The lowest BCUT2D eigenvalue weighted by Crippen LogP contribution is -2.38. The smallest absolute Gasteiger partial charge is 0.280 e. The predicted molar refractivity (Wildman–Crippen MR) is 107 cm³/mol. The lowest BCUT2D eigenvalue weighted by Gasteiger charge is -2.35. The average Bonchev–Trinajstić information content (AvgIpc) is 3.49. The summed E-state index contributed by atoms with van der Waals surface area (Å²) in [6.07, 6.45) is 0.317. The monoisotopic (exact) mass is 448 g/mol. The summed E-state index contributed by atoms with van der Waals surface area (Å²) in [5.41, 5.74) is 1.19. The number of ether oxygens (including phenoxy) is 1. The molecule has 32 heavy (non-hydrogen) atoms. The molecule has 0 bridgehead atoms. The summed E-state index contributed by atoms with van der Waals surface area (Å²) in [6, 6.07) is 5.56. The molecule has 0 aliphatic heterocycles. The molecule has 3 aromatic heterocycles. The van der Waals surface area contributed by atoms with Crippen LogP contribution in [0.4, 0.5) is 23.4 Å². The van der Waals surface area contributed by atoms with E-state index in [1.807, 2.05) is 6.20 Å². The van der Waals surface area contributed by atoms with Crippen LogP contribution >= 0.6 is 0 Å². The van der Waals surface area contributed by atoms with Crippen molar-refractivity contribution in [3.8, 4) is 5.75 Å². The molecule has 0 radical (unpaired) electrons. The highest BCUT2D eigenvalue weighted by molar-refractivity contribution is 6.05. The first kappa shape index (κ1) is 20.7. The van der Waals surface area contributed by atoms with Crippen molar-refractivity contribution in [1.82, 2.24) is 14.4 Å². The number of fused-ring (bicyclic) bond motifs is 1. The minimum absolute atomic E-state index is 0.0236. The summed E-state index contributed by atoms with van der Waals surface area (Å²) in [6.45, 7) is 0. The van der Waals surface area contributed by atoms with Crippen molar-refractivity contribution in [3.05, 3.63) is 53.6 Å². The number of hydrogen-bond acceptors (Lipinski definition) is 4. The zero-order valence-electron chi connectivity index (χ0n) is 16.8. The summed E-state index contributed by atoms with van der Waals surface area (Å²) in [5.74, 6) is -0.728. The first-order valence-corrected chi connectivity index (χ1v) is 10.4. The van der Waals surface area contributed by atoms with Crippen LogP contribution in [0.15, 0.2) is 36.7 Å². The van der Waals surface area contributed by atoms with Gasteiger partial charge in [0, 0.05) is 30.3 Å². The number of halogens is 4. The highest BCUT2D eigenvalue weighted by atomic mass is 19.3. The molecule has 3 heterocycles. The second kappa shape index (κ2) is 8.07. The van der Waals surface area contributed by atoms with Gasteiger partial charge in [-0.3, -0.25) is 4.79 Å². The van der Waals surface area contributed by atoms with E-state index in [1.165, 1.54) is 18.2 Å². The fourth-order valence-corrected chi connectivity index (χ4v) is 3.79. The van der Waals surface area contributed by atoms with Gasteiger partial charge in [0.25, 0.3) is 12.3 Å².